The van der Waals surface area contributed by atoms with E-state index in [9.17, 15) is 9.59 Å². The normalized spacial score (nSPS) is 12.8. The van der Waals surface area contributed by atoms with Crippen molar-refractivity contribution in [2.75, 3.05) is 18.2 Å². The summed E-state index contributed by atoms with van der Waals surface area (Å²) in [6, 6.07) is 7.34. The standard InChI is InChI=1S/C23H23ClN4O3S2/c1-3-12-28-20(14-8-10-15(24)11-9-14)26-27-23(28)32-13-18(29)25-21-19(22(30)31-2)16-6-4-5-7-17(16)33-21/h3,8-11H,1,4-7,12-13H2,2H3,(H,25,29). The number of halogens is 1. The SMILES string of the molecule is C=CCn1c(SCC(=O)Nc2sc3c(c2C(=O)OC)CCCC3)nnc1-c1ccc(Cl)cc1. The van der Waals surface area contributed by atoms with Gasteiger partial charge in [-0.05, 0) is 55.5 Å². The zero-order valence-electron chi connectivity index (χ0n) is 18.1. The number of carbonyl (C=O) groups excluding carboxylic acids is 2. The van der Waals surface area contributed by atoms with Gasteiger partial charge in [-0.25, -0.2) is 4.79 Å². The number of aromatic nitrogens is 3. The smallest absolute Gasteiger partial charge is 0.341 e. The fraction of sp³-hybridized carbons (Fsp3) is 0.304. The average molecular weight is 503 g/mol. The summed E-state index contributed by atoms with van der Waals surface area (Å²) in [5.41, 5.74) is 2.38. The van der Waals surface area contributed by atoms with Gasteiger partial charge in [0.05, 0.1) is 18.4 Å². The lowest BCUT2D eigenvalue weighted by molar-refractivity contribution is -0.113. The number of carbonyl (C=O) groups is 2. The van der Waals surface area contributed by atoms with Crippen LogP contribution in [-0.4, -0.2) is 39.5 Å². The zero-order chi connectivity index (χ0) is 23.4. The first-order valence-electron chi connectivity index (χ1n) is 10.5. The van der Waals surface area contributed by atoms with E-state index in [1.165, 1.54) is 30.2 Å². The summed E-state index contributed by atoms with van der Waals surface area (Å²) in [4.78, 5) is 26.3. The Morgan fingerprint density at radius 1 is 1.27 bits per heavy atom. The van der Waals surface area contributed by atoms with Crippen LogP contribution in [0.1, 0.15) is 33.6 Å². The van der Waals surface area contributed by atoms with E-state index in [1.54, 1.807) is 18.2 Å². The summed E-state index contributed by atoms with van der Waals surface area (Å²) in [5, 5.41) is 13.3. The second-order valence-corrected chi connectivity index (χ2v) is 9.94. The number of thioether (sulfide) groups is 1. The number of esters is 1. The molecule has 3 aromatic rings. The molecule has 1 aromatic carbocycles. The average Bonchev–Trinajstić information content (AvgIpc) is 3.39. The molecule has 0 atom stereocenters. The van der Waals surface area contributed by atoms with Gasteiger partial charge in [0.15, 0.2) is 11.0 Å². The van der Waals surface area contributed by atoms with Gasteiger partial charge in [-0.3, -0.25) is 9.36 Å². The highest BCUT2D eigenvalue weighted by Gasteiger charge is 2.27. The van der Waals surface area contributed by atoms with Gasteiger partial charge < -0.3 is 10.1 Å². The fourth-order valence-corrected chi connectivity index (χ4v) is 5.93. The Bertz CT molecular complexity index is 1190. The molecule has 10 heteroatoms. The summed E-state index contributed by atoms with van der Waals surface area (Å²) in [7, 11) is 1.36. The molecule has 33 heavy (non-hydrogen) atoms. The summed E-state index contributed by atoms with van der Waals surface area (Å²) < 4.78 is 6.88. The highest BCUT2D eigenvalue weighted by molar-refractivity contribution is 7.99. The van der Waals surface area contributed by atoms with Crippen molar-refractivity contribution in [2.24, 2.45) is 0 Å². The van der Waals surface area contributed by atoms with Gasteiger partial charge in [-0.1, -0.05) is 29.4 Å². The number of benzene rings is 1. The van der Waals surface area contributed by atoms with Crippen LogP contribution in [0, 0.1) is 0 Å². The van der Waals surface area contributed by atoms with Gasteiger partial charge in [-0.15, -0.1) is 28.1 Å². The lowest BCUT2D eigenvalue weighted by Crippen LogP contribution is -2.17. The Balaban J connectivity index is 1.50. The molecule has 2 heterocycles. The van der Waals surface area contributed by atoms with Gasteiger partial charge in [0.1, 0.15) is 5.00 Å². The second kappa shape index (κ2) is 10.5. The van der Waals surface area contributed by atoms with E-state index in [0.717, 1.165) is 41.7 Å². The number of anilines is 1. The van der Waals surface area contributed by atoms with Crippen LogP contribution in [-0.2, 0) is 28.9 Å². The molecule has 0 bridgehead atoms. The summed E-state index contributed by atoms with van der Waals surface area (Å²) in [6.45, 7) is 4.31. The Labute approximate surface area is 205 Å². The van der Waals surface area contributed by atoms with E-state index >= 15 is 0 Å². The third kappa shape index (κ3) is 5.15. The van der Waals surface area contributed by atoms with Crippen molar-refractivity contribution in [3.8, 4) is 11.4 Å². The van der Waals surface area contributed by atoms with Crippen LogP contribution in [0.15, 0.2) is 42.1 Å². The largest absolute Gasteiger partial charge is 0.465 e. The molecule has 7 nitrogen and oxygen atoms in total. The van der Waals surface area contributed by atoms with Crippen molar-refractivity contribution in [3.05, 3.63) is 57.9 Å². The first-order valence-corrected chi connectivity index (χ1v) is 12.6. The molecule has 0 aliphatic heterocycles. The molecule has 0 fully saturated rings. The van der Waals surface area contributed by atoms with Crippen LogP contribution >= 0.6 is 34.7 Å². The Morgan fingerprint density at radius 2 is 2.03 bits per heavy atom. The number of thiophene rings is 1. The number of ether oxygens (including phenoxy) is 1. The van der Waals surface area contributed by atoms with E-state index < -0.39 is 5.97 Å². The van der Waals surface area contributed by atoms with Crippen LogP contribution in [0.25, 0.3) is 11.4 Å². The van der Waals surface area contributed by atoms with Crippen LogP contribution in [0.4, 0.5) is 5.00 Å². The predicted octanol–water partition coefficient (Wildman–Crippen LogP) is 5.24. The minimum Gasteiger partial charge on any atom is -0.465 e. The number of fused-ring (bicyclic) bond motifs is 1. The molecule has 0 radical (unpaired) electrons. The summed E-state index contributed by atoms with van der Waals surface area (Å²) in [5.74, 6) is 0.174. The second-order valence-electron chi connectivity index (χ2n) is 7.46. The molecular formula is C23H23ClN4O3S2. The number of methoxy groups -OCH3 is 1. The van der Waals surface area contributed by atoms with Crippen molar-refractivity contribution in [1.29, 1.82) is 0 Å². The monoisotopic (exact) mass is 502 g/mol. The van der Waals surface area contributed by atoms with Crippen molar-refractivity contribution in [3.63, 3.8) is 0 Å². The molecule has 0 saturated carbocycles. The molecule has 1 N–H and O–H groups in total. The van der Waals surface area contributed by atoms with Gasteiger partial charge >= 0.3 is 5.97 Å². The van der Waals surface area contributed by atoms with Gasteiger partial charge in [0.25, 0.3) is 0 Å². The molecule has 4 rings (SSSR count). The quantitative estimate of drug-likeness (QED) is 0.257. The number of nitrogens with zero attached hydrogens (tertiary/aromatic N) is 3. The number of nitrogens with one attached hydrogen (secondary N) is 1. The third-order valence-electron chi connectivity index (χ3n) is 5.28. The number of hydrogen-bond donors (Lipinski definition) is 1. The van der Waals surface area contributed by atoms with E-state index in [4.69, 9.17) is 16.3 Å². The minimum atomic E-state index is -0.407. The first-order chi connectivity index (χ1) is 16.0. The Kier molecular flexibility index (Phi) is 7.52. The van der Waals surface area contributed by atoms with Crippen molar-refractivity contribution in [1.82, 2.24) is 14.8 Å². The van der Waals surface area contributed by atoms with E-state index in [0.29, 0.717) is 33.1 Å². The Morgan fingerprint density at radius 3 is 2.76 bits per heavy atom. The van der Waals surface area contributed by atoms with Crippen LogP contribution in [0.2, 0.25) is 5.02 Å². The molecular weight excluding hydrogens is 480 g/mol. The third-order valence-corrected chi connectivity index (χ3v) is 7.70. The molecule has 0 spiro atoms. The number of amides is 1. The molecule has 172 valence electrons. The van der Waals surface area contributed by atoms with Crippen LogP contribution < -0.4 is 5.32 Å². The van der Waals surface area contributed by atoms with E-state index in [1.807, 2.05) is 16.7 Å². The van der Waals surface area contributed by atoms with E-state index in [2.05, 4.69) is 22.1 Å². The van der Waals surface area contributed by atoms with Gasteiger partial charge in [0, 0.05) is 22.0 Å². The summed E-state index contributed by atoms with van der Waals surface area (Å²) >= 11 is 8.74. The number of rotatable bonds is 8. The van der Waals surface area contributed by atoms with Crippen LogP contribution in [0.3, 0.4) is 0 Å². The maximum atomic E-state index is 12.8. The fourth-order valence-electron chi connectivity index (χ4n) is 3.77. The molecule has 1 aliphatic rings. The number of aryl methyl sites for hydroxylation is 1. The zero-order valence-corrected chi connectivity index (χ0v) is 20.5. The van der Waals surface area contributed by atoms with Crippen molar-refractivity contribution in [2.45, 2.75) is 37.4 Å². The number of allylic oxidation sites excluding steroid dienone is 1. The predicted molar refractivity (Wildman–Crippen MR) is 132 cm³/mol. The number of hydrogen-bond acceptors (Lipinski definition) is 7. The lowest BCUT2D eigenvalue weighted by atomic mass is 9.95. The maximum Gasteiger partial charge on any atom is 0.341 e. The highest BCUT2D eigenvalue weighted by atomic mass is 35.5. The Hall–Kier alpha value is -2.62. The highest BCUT2D eigenvalue weighted by Crippen LogP contribution is 2.38. The molecule has 1 aliphatic carbocycles. The maximum absolute atomic E-state index is 12.8. The lowest BCUT2D eigenvalue weighted by Gasteiger charge is -2.11. The van der Waals surface area contributed by atoms with Gasteiger partial charge in [-0.2, -0.15) is 0 Å². The minimum absolute atomic E-state index is 0.124. The van der Waals surface area contributed by atoms with Crippen molar-refractivity contribution >= 4 is 51.6 Å². The van der Waals surface area contributed by atoms with Crippen molar-refractivity contribution < 1.29 is 14.3 Å². The van der Waals surface area contributed by atoms with Gasteiger partial charge in [0.2, 0.25) is 5.91 Å². The summed E-state index contributed by atoms with van der Waals surface area (Å²) in [6.07, 6.45) is 5.63. The molecule has 2 aromatic heterocycles. The van der Waals surface area contributed by atoms with Crippen LogP contribution in [0.5, 0.6) is 0 Å². The molecule has 1 amide bonds. The molecule has 0 unspecified atom stereocenters. The molecule has 0 saturated heterocycles. The topological polar surface area (TPSA) is 86.1 Å². The first kappa shape index (κ1) is 23.5. The van der Waals surface area contributed by atoms with E-state index in [-0.39, 0.29) is 11.7 Å².